The van der Waals surface area contributed by atoms with E-state index in [0.29, 0.717) is 25.4 Å². The molecule has 1 amide bonds. The molecule has 2 N–H and O–H groups in total. The summed E-state index contributed by atoms with van der Waals surface area (Å²) in [6, 6.07) is 5.98. The van der Waals surface area contributed by atoms with E-state index >= 15 is 0 Å². The Morgan fingerprint density at radius 1 is 1.47 bits per heavy atom. The van der Waals surface area contributed by atoms with Crippen LogP contribution in [-0.2, 0) is 17.9 Å². The van der Waals surface area contributed by atoms with Crippen LogP contribution >= 0.6 is 0 Å². The number of likely N-dealkylation sites (tertiary alicyclic amines) is 1. The van der Waals surface area contributed by atoms with Gasteiger partial charge in [0.1, 0.15) is 5.75 Å². The van der Waals surface area contributed by atoms with Crippen molar-refractivity contribution in [2.75, 3.05) is 13.7 Å². The first-order valence-electron chi connectivity index (χ1n) is 6.81. The topological polar surface area (TPSA) is 55.6 Å². The summed E-state index contributed by atoms with van der Waals surface area (Å²) in [5.74, 6) is 1.57. The van der Waals surface area contributed by atoms with Crippen LogP contribution in [-0.4, -0.2) is 24.5 Å². The fraction of sp³-hybridized carbons (Fsp3) is 0.533. The fourth-order valence-electron chi connectivity index (χ4n) is 2.56. The monoisotopic (exact) mass is 262 g/mol. The molecule has 0 bridgehead atoms. The second-order valence-electron chi connectivity index (χ2n) is 5.10. The van der Waals surface area contributed by atoms with Gasteiger partial charge in [-0.3, -0.25) is 4.79 Å². The molecule has 4 nitrogen and oxygen atoms in total. The van der Waals surface area contributed by atoms with Crippen molar-refractivity contribution in [2.45, 2.75) is 32.9 Å². The highest BCUT2D eigenvalue weighted by atomic mass is 16.5. The van der Waals surface area contributed by atoms with Crippen molar-refractivity contribution < 1.29 is 9.53 Å². The third kappa shape index (κ3) is 3.07. The van der Waals surface area contributed by atoms with E-state index in [1.165, 1.54) is 0 Å². The zero-order chi connectivity index (χ0) is 13.8. The summed E-state index contributed by atoms with van der Waals surface area (Å²) in [7, 11) is 1.65. The molecule has 19 heavy (non-hydrogen) atoms. The van der Waals surface area contributed by atoms with Gasteiger partial charge >= 0.3 is 0 Å². The molecule has 0 saturated carbocycles. The van der Waals surface area contributed by atoms with E-state index < -0.39 is 0 Å². The Kier molecular flexibility index (Phi) is 4.43. The number of methoxy groups -OCH3 is 1. The molecule has 0 radical (unpaired) electrons. The van der Waals surface area contributed by atoms with Crippen LogP contribution in [0.5, 0.6) is 5.75 Å². The average molecular weight is 262 g/mol. The summed E-state index contributed by atoms with van der Waals surface area (Å²) in [5.41, 5.74) is 7.74. The third-order valence-electron chi connectivity index (χ3n) is 3.82. The predicted molar refractivity (Wildman–Crippen MR) is 74.7 cm³/mol. The van der Waals surface area contributed by atoms with Crippen LogP contribution in [0, 0.1) is 5.92 Å². The first-order chi connectivity index (χ1) is 9.17. The van der Waals surface area contributed by atoms with E-state index in [9.17, 15) is 4.79 Å². The second-order valence-corrected chi connectivity index (χ2v) is 5.10. The molecule has 1 unspecified atom stereocenters. The van der Waals surface area contributed by atoms with Crippen LogP contribution in [0.1, 0.15) is 30.9 Å². The van der Waals surface area contributed by atoms with Crippen molar-refractivity contribution in [3.8, 4) is 5.75 Å². The number of amides is 1. The maximum absolute atomic E-state index is 11.9. The van der Waals surface area contributed by atoms with Crippen LogP contribution in [0.4, 0.5) is 0 Å². The molecular weight excluding hydrogens is 240 g/mol. The molecule has 1 aromatic carbocycles. The smallest absolute Gasteiger partial charge is 0.223 e. The number of carbonyl (C=O) groups excluding carboxylic acids is 1. The summed E-state index contributed by atoms with van der Waals surface area (Å²) >= 11 is 0. The lowest BCUT2D eigenvalue weighted by Crippen LogP contribution is -2.24. The van der Waals surface area contributed by atoms with Gasteiger partial charge in [-0.2, -0.15) is 0 Å². The summed E-state index contributed by atoms with van der Waals surface area (Å²) in [4.78, 5) is 13.8. The van der Waals surface area contributed by atoms with E-state index in [2.05, 4.69) is 6.92 Å². The minimum atomic E-state index is 0.258. The van der Waals surface area contributed by atoms with Crippen molar-refractivity contribution in [1.82, 2.24) is 4.90 Å². The Morgan fingerprint density at radius 2 is 2.26 bits per heavy atom. The van der Waals surface area contributed by atoms with Crippen molar-refractivity contribution in [3.05, 3.63) is 29.3 Å². The molecule has 104 valence electrons. The lowest BCUT2D eigenvalue weighted by Gasteiger charge is -2.17. The predicted octanol–water partition coefficient (Wildman–Crippen LogP) is 1.91. The number of hydrogen-bond acceptors (Lipinski definition) is 3. The molecule has 1 aliphatic rings. The molecule has 0 aromatic heterocycles. The number of hydrogen-bond donors (Lipinski definition) is 1. The molecule has 0 spiro atoms. The summed E-state index contributed by atoms with van der Waals surface area (Å²) in [6.45, 7) is 4.14. The van der Waals surface area contributed by atoms with Crippen LogP contribution in [0.15, 0.2) is 18.2 Å². The van der Waals surface area contributed by atoms with Crippen molar-refractivity contribution in [1.29, 1.82) is 0 Å². The maximum Gasteiger partial charge on any atom is 0.223 e. The first-order valence-corrected chi connectivity index (χ1v) is 6.81. The largest absolute Gasteiger partial charge is 0.496 e. The average Bonchev–Trinajstić information content (AvgIpc) is 2.79. The number of benzene rings is 1. The Balaban J connectivity index is 2.09. The molecule has 1 atom stereocenters. The maximum atomic E-state index is 11.9. The lowest BCUT2D eigenvalue weighted by molar-refractivity contribution is -0.128. The number of carbonyl (C=O) groups is 1. The fourth-order valence-corrected chi connectivity index (χ4v) is 2.56. The van der Waals surface area contributed by atoms with Gasteiger partial charge in [0.2, 0.25) is 5.91 Å². The molecule has 4 heteroatoms. The molecule has 1 aromatic rings. The highest BCUT2D eigenvalue weighted by Crippen LogP contribution is 2.25. The Hall–Kier alpha value is -1.55. The van der Waals surface area contributed by atoms with Gasteiger partial charge in [0, 0.05) is 31.6 Å². The molecule has 2 rings (SSSR count). The minimum Gasteiger partial charge on any atom is -0.496 e. The van der Waals surface area contributed by atoms with Gasteiger partial charge < -0.3 is 15.4 Å². The van der Waals surface area contributed by atoms with Gasteiger partial charge in [-0.05, 0) is 17.5 Å². The normalized spacial score (nSPS) is 19.0. The van der Waals surface area contributed by atoms with Crippen molar-refractivity contribution >= 4 is 5.91 Å². The van der Waals surface area contributed by atoms with Crippen LogP contribution < -0.4 is 10.5 Å². The number of nitrogens with zero attached hydrogens (tertiary/aromatic N) is 1. The van der Waals surface area contributed by atoms with E-state index in [4.69, 9.17) is 10.5 Å². The van der Waals surface area contributed by atoms with Crippen LogP contribution in [0.2, 0.25) is 0 Å². The van der Waals surface area contributed by atoms with Crippen LogP contribution in [0.3, 0.4) is 0 Å². The minimum absolute atomic E-state index is 0.258. The van der Waals surface area contributed by atoms with Crippen molar-refractivity contribution in [3.63, 3.8) is 0 Å². The van der Waals surface area contributed by atoms with Gasteiger partial charge in [0.25, 0.3) is 0 Å². The Labute approximate surface area is 114 Å². The summed E-state index contributed by atoms with van der Waals surface area (Å²) in [6.07, 6.45) is 1.76. The number of rotatable bonds is 5. The molecule has 0 aliphatic carbocycles. The van der Waals surface area contributed by atoms with E-state index in [0.717, 1.165) is 29.8 Å². The van der Waals surface area contributed by atoms with Crippen LogP contribution in [0.25, 0.3) is 0 Å². The molecule has 1 aliphatic heterocycles. The number of ether oxygens (including phenoxy) is 1. The first kappa shape index (κ1) is 13.9. The highest BCUT2D eigenvalue weighted by Gasteiger charge is 2.28. The lowest BCUT2D eigenvalue weighted by atomic mass is 10.1. The van der Waals surface area contributed by atoms with Gasteiger partial charge in [0.05, 0.1) is 7.11 Å². The van der Waals surface area contributed by atoms with E-state index in [1.54, 1.807) is 7.11 Å². The quantitative estimate of drug-likeness (QED) is 0.882. The Bertz CT molecular complexity index is 459. The van der Waals surface area contributed by atoms with E-state index in [1.807, 2.05) is 23.1 Å². The third-order valence-corrected chi connectivity index (χ3v) is 3.82. The molecule has 1 saturated heterocycles. The van der Waals surface area contributed by atoms with Gasteiger partial charge in [-0.1, -0.05) is 25.5 Å². The molecular formula is C15H22N2O2. The van der Waals surface area contributed by atoms with E-state index in [-0.39, 0.29) is 5.91 Å². The molecule has 1 heterocycles. The van der Waals surface area contributed by atoms with Gasteiger partial charge in [-0.25, -0.2) is 0 Å². The standard InChI is InChI=1S/C15H22N2O2/c1-3-11-7-15(18)17(9-11)10-12-4-5-13(8-16)14(6-12)19-2/h4-6,11H,3,7-10,16H2,1-2H3. The highest BCUT2D eigenvalue weighted by molar-refractivity contribution is 5.78. The van der Waals surface area contributed by atoms with Gasteiger partial charge in [0.15, 0.2) is 0 Å². The second kappa shape index (κ2) is 6.06. The zero-order valence-electron chi connectivity index (χ0n) is 11.7. The van der Waals surface area contributed by atoms with Crippen molar-refractivity contribution in [2.24, 2.45) is 11.7 Å². The van der Waals surface area contributed by atoms with Gasteiger partial charge in [-0.15, -0.1) is 0 Å². The SMILES string of the molecule is CCC1CC(=O)N(Cc2ccc(CN)c(OC)c2)C1. The Morgan fingerprint density at radius 3 is 2.84 bits per heavy atom. The summed E-state index contributed by atoms with van der Waals surface area (Å²) in [5, 5.41) is 0. The summed E-state index contributed by atoms with van der Waals surface area (Å²) < 4.78 is 5.33. The zero-order valence-corrected chi connectivity index (χ0v) is 11.7. The number of nitrogens with two attached hydrogens (primary N) is 1. The molecule has 1 fully saturated rings.